The van der Waals surface area contributed by atoms with Crippen LogP contribution in [0.2, 0.25) is 0 Å². The van der Waals surface area contributed by atoms with E-state index in [-0.39, 0.29) is 0 Å². The van der Waals surface area contributed by atoms with Crippen LogP contribution in [0.15, 0.2) is 35.3 Å². The molecule has 5 heterocycles. The number of hydrogen-bond donors (Lipinski definition) is 0. The van der Waals surface area contributed by atoms with E-state index in [1.54, 1.807) is 0 Å². The van der Waals surface area contributed by atoms with Gasteiger partial charge in [-0.3, -0.25) is 9.97 Å². The van der Waals surface area contributed by atoms with Gasteiger partial charge in [-0.25, -0.2) is 0 Å². The summed E-state index contributed by atoms with van der Waals surface area (Å²) in [6.45, 7) is 11.5. The molecule has 2 unspecified atom stereocenters. The fourth-order valence-corrected chi connectivity index (χ4v) is 8.38. The molecule has 6 aromatic rings. The largest absolute Gasteiger partial charge is 0.338 e. The van der Waals surface area contributed by atoms with Crippen molar-refractivity contribution >= 4 is 75.9 Å². The molecular formula is C32H40N4S2. The average Bonchev–Trinajstić information content (AvgIpc) is 3.71. The molecule has 0 aliphatic rings. The number of unbranched alkanes of at least 4 members (excludes halogenated alkanes) is 2. The monoisotopic (exact) mass is 544 g/mol. The molecule has 0 radical (unpaired) electrons. The van der Waals surface area contributed by atoms with Gasteiger partial charge in [0.2, 0.25) is 0 Å². The minimum absolute atomic E-state index is 0.679. The topological polar surface area (TPSA) is 35.6 Å². The van der Waals surface area contributed by atoms with Crippen molar-refractivity contribution in [2.75, 3.05) is 0 Å². The van der Waals surface area contributed by atoms with Crippen molar-refractivity contribution < 1.29 is 0 Å². The SMILES string of the molecule is CCCCC(CC)Cn1c2ccsc2c2c3nccnc3c3c4sccc4n(CC(CC)CCCC)c3c21. The molecule has 38 heavy (non-hydrogen) atoms. The summed E-state index contributed by atoms with van der Waals surface area (Å²) in [6.07, 6.45) is 13.9. The van der Waals surface area contributed by atoms with Gasteiger partial charge in [-0.15, -0.1) is 22.7 Å². The van der Waals surface area contributed by atoms with Gasteiger partial charge in [0.05, 0.1) is 31.5 Å². The third-order valence-corrected chi connectivity index (χ3v) is 10.5. The van der Waals surface area contributed by atoms with Crippen molar-refractivity contribution in [3.63, 3.8) is 0 Å². The number of nitrogens with zero attached hydrogens (tertiary/aromatic N) is 4. The van der Waals surface area contributed by atoms with Crippen LogP contribution >= 0.6 is 22.7 Å². The zero-order chi connectivity index (χ0) is 26.2. The summed E-state index contributed by atoms with van der Waals surface area (Å²) in [6, 6.07) is 4.68. The van der Waals surface area contributed by atoms with Gasteiger partial charge in [-0.1, -0.05) is 66.2 Å². The molecule has 6 rings (SSSR count). The Hall–Kier alpha value is -2.44. The lowest BCUT2D eigenvalue weighted by Crippen LogP contribution is -2.12. The fourth-order valence-electron chi connectivity index (χ4n) is 6.50. The van der Waals surface area contributed by atoms with Crippen LogP contribution in [0.4, 0.5) is 0 Å². The van der Waals surface area contributed by atoms with Crippen molar-refractivity contribution in [2.45, 2.75) is 92.2 Å². The summed E-state index contributed by atoms with van der Waals surface area (Å²) in [5.41, 5.74) is 7.64. The molecule has 4 nitrogen and oxygen atoms in total. The lowest BCUT2D eigenvalue weighted by atomic mass is 9.99. The lowest BCUT2D eigenvalue weighted by molar-refractivity contribution is 0.398. The molecular weight excluding hydrogens is 505 g/mol. The normalized spacial score (nSPS) is 14.1. The van der Waals surface area contributed by atoms with Gasteiger partial charge in [-0.2, -0.15) is 0 Å². The summed E-state index contributed by atoms with van der Waals surface area (Å²) in [5.74, 6) is 1.36. The summed E-state index contributed by atoms with van der Waals surface area (Å²) in [4.78, 5) is 9.99. The summed E-state index contributed by atoms with van der Waals surface area (Å²) >= 11 is 3.73. The van der Waals surface area contributed by atoms with Crippen LogP contribution in [0.5, 0.6) is 0 Å². The first kappa shape index (κ1) is 25.8. The van der Waals surface area contributed by atoms with E-state index in [0.29, 0.717) is 11.8 Å². The molecule has 0 saturated heterocycles. The predicted octanol–water partition coefficient (Wildman–Crippen LogP) is 10.4. The third-order valence-electron chi connectivity index (χ3n) is 8.70. The number of benzene rings is 1. The zero-order valence-corrected chi connectivity index (χ0v) is 24.9. The number of thiophene rings is 2. The van der Waals surface area contributed by atoms with Crippen LogP contribution in [0.3, 0.4) is 0 Å². The van der Waals surface area contributed by atoms with E-state index >= 15 is 0 Å². The maximum atomic E-state index is 5.00. The summed E-state index contributed by atoms with van der Waals surface area (Å²) in [5, 5.41) is 7.14. The van der Waals surface area contributed by atoms with Gasteiger partial charge in [0, 0.05) is 36.3 Å². The molecule has 0 aliphatic heterocycles. The van der Waals surface area contributed by atoms with Crippen LogP contribution in [0.25, 0.3) is 53.3 Å². The summed E-state index contributed by atoms with van der Waals surface area (Å²) in [7, 11) is 0. The molecule has 5 aromatic heterocycles. The van der Waals surface area contributed by atoms with E-state index in [1.165, 1.54) is 93.6 Å². The van der Waals surface area contributed by atoms with E-state index in [1.807, 2.05) is 35.1 Å². The van der Waals surface area contributed by atoms with Gasteiger partial charge >= 0.3 is 0 Å². The van der Waals surface area contributed by atoms with Crippen molar-refractivity contribution in [2.24, 2.45) is 11.8 Å². The van der Waals surface area contributed by atoms with Crippen molar-refractivity contribution in [1.82, 2.24) is 19.1 Å². The lowest BCUT2D eigenvalue weighted by Gasteiger charge is -2.20. The minimum Gasteiger partial charge on any atom is -0.338 e. The van der Waals surface area contributed by atoms with Crippen LogP contribution in [0.1, 0.15) is 79.1 Å². The summed E-state index contributed by atoms with van der Waals surface area (Å²) < 4.78 is 8.09. The Kier molecular flexibility index (Phi) is 7.45. The fraction of sp³-hybridized carbons (Fsp3) is 0.500. The van der Waals surface area contributed by atoms with Crippen molar-refractivity contribution in [3.8, 4) is 0 Å². The highest BCUT2D eigenvalue weighted by atomic mass is 32.1. The smallest absolute Gasteiger partial charge is 0.100 e. The Balaban J connectivity index is 1.72. The second-order valence-electron chi connectivity index (χ2n) is 11.0. The molecule has 0 aliphatic carbocycles. The molecule has 0 fully saturated rings. The molecule has 0 spiro atoms. The predicted molar refractivity (Wildman–Crippen MR) is 168 cm³/mol. The maximum absolute atomic E-state index is 5.00. The quantitative estimate of drug-likeness (QED) is 0.154. The Morgan fingerprint density at radius 1 is 0.684 bits per heavy atom. The first-order chi connectivity index (χ1) is 18.7. The molecule has 0 bridgehead atoms. The highest BCUT2D eigenvalue weighted by Crippen LogP contribution is 2.46. The third kappa shape index (κ3) is 4.15. The second-order valence-corrected chi connectivity index (χ2v) is 12.9. The first-order valence-corrected chi connectivity index (χ1v) is 16.5. The van der Waals surface area contributed by atoms with Gasteiger partial charge in [0.25, 0.3) is 0 Å². The van der Waals surface area contributed by atoms with Gasteiger partial charge in [0.15, 0.2) is 0 Å². The van der Waals surface area contributed by atoms with Crippen LogP contribution < -0.4 is 0 Å². The Morgan fingerprint density at radius 3 is 1.53 bits per heavy atom. The van der Waals surface area contributed by atoms with E-state index in [0.717, 1.165) is 24.1 Å². The van der Waals surface area contributed by atoms with Gasteiger partial charge < -0.3 is 9.13 Å². The number of hydrogen-bond acceptors (Lipinski definition) is 4. The minimum atomic E-state index is 0.679. The highest BCUT2D eigenvalue weighted by molar-refractivity contribution is 7.19. The van der Waals surface area contributed by atoms with E-state index in [4.69, 9.17) is 9.97 Å². The number of fused-ring (bicyclic) bond motifs is 10. The van der Waals surface area contributed by atoms with Crippen LogP contribution in [-0.2, 0) is 13.1 Å². The zero-order valence-electron chi connectivity index (χ0n) is 23.3. The van der Waals surface area contributed by atoms with Crippen molar-refractivity contribution in [3.05, 3.63) is 35.3 Å². The van der Waals surface area contributed by atoms with Gasteiger partial charge in [-0.05, 0) is 47.6 Å². The molecule has 0 N–H and O–H groups in total. The standard InChI is InChI=1S/C32H40N4S2/c1-5-9-11-21(7-3)19-35-23-13-17-37-31(23)25-27-28(34-16-15-33-27)26-30(29(25)35)36(24-14-18-38-32(24)26)20-22(8-4)12-10-6-2/h13-18,21-22H,5-12,19-20H2,1-4H3. The van der Waals surface area contributed by atoms with Crippen molar-refractivity contribution in [1.29, 1.82) is 0 Å². The van der Waals surface area contributed by atoms with Crippen LogP contribution in [0, 0.1) is 11.8 Å². The molecule has 2 atom stereocenters. The number of rotatable bonds is 12. The van der Waals surface area contributed by atoms with Crippen LogP contribution in [-0.4, -0.2) is 19.1 Å². The van der Waals surface area contributed by atoms with E-state index in [9.17, 15) is 0 Å². The van der Waals surface area contributed by atoms with E-state index < -0.39 is 0 Å². The molecule has 6 heteroatoms. The number of aromatic nitrogens is 4. The Labute approximate surface area is 233 Å². The maximum Gasteiger partial charge on any atom is 0.100 e. The Bertz CT molecular complexity index is 1570. The average molecular weight is 545 g/mol. The van der Waals surface area contributed by atoms with Gasteiger partial charge in [0.1, 0.15) is 11.0 Å². The second kappa shape index (κ2) is 11.0. The molecule has 0 amide bonds. The molecule has 1 aromatic carbocycles. The molecule has 0 saturated carbocycles. The molecule has 200 valence electrons. The first-order valence-electron chi connectivity index (χ1n) is 14.7. The van der Waals surface area contributed by atoms with E-state index in [2.05, 4.69) is 59.7 Å². The Morgan fingerprint density at radius 2 is 1.13 bits per heavy atom. The highest BCUT2D eigenvalue weighted by Gasteiger charge is 2.27.